The van der Waals surface area contributed by atoms with Gasteiger partial charge in [-0.2, -0.15) is 0 Å². The molecule has 0 bridgehead atoms. The molecule has 3 rings (SSSR count). The molecule has 0 saturated carbocycles. The van der Waals surface area contributed by atoms with Crippen LogP contribution in [0.1, 0.15) is 93.9 Å². The Morgan fingerprint density at radius 3 is 1.45 bits per heavy atom. The van der Waals surface area contributed by atoms with Crippen molar-refractivity contribution in [2.75, 3.05) is 0 Å². The first-order valence-electron chi connectivity index (χ1n) is 13.4. The molecule has 176 valence electrons. The predicted octanol–water partition coefficient (Wildman–Crippen LogP) is 9.17. The van der Waals surface area contributed by atoms with Crippen molar-refractivity contribution in [3.05, 3.63) is 89.1 Å². The van der Waals surface area contributed by atoms with Crippen molar-refractivity contribution in [3.8, 4) is 11.3 Å². The van der Waals surface area contributed by atoms with Crippen LogP contribution in [0.2, 0.25) is 0 Å². The fourth-order valence-electron chi connectivity index (χ4n) is 4.44. The van der Waals surface area contributed by atoms with Crippen LogP contribution >= 0.6 is 0 Å². The van der Waals surface area contributed by atoms with Gasteiger partial charge >= 0.3 is 0 Å². The highest BCUT2D eigenvalue weighted by Gasteiger charge is 2.02. The number of aromatic nitrogens is 1. The molecule has 1 heterocycles. The third kappa shape index (κ3) is 9.16. The first-order chi connectivity index (χ1) is 16.3. The fraction of sp³-hybridized carbons (Fsp3) is 0.469. The van der Waals surface area contributed by atoms with Gasteiger partial charge in [0.05, 0.1) is 5.69 Å². The summed E-state index contributed by atoms with van der Waals surface area (Å²) in [5.74, 6) is 0. The summed E-state index contributed by atoms with van der Waals surface area (Å²) in [4.78, 5) is 4.72. The van der Waals surface area contributed by atoms with E-state index in [9.17, 15) is 0 Å². The number of hydrogen-bond acceptors (Lipinski definition) is 1. The number of hydrogen-bond donors (Lipinski definition) is 0. The number of unbranched alkanes of at least 4 members (excludes halogenated alkanes) is 7. The van der Waals surface area contributed by atoms with Crippen LogP contribution in [0.3, 0.4) is 0 Å². The monoisotopic (exact) mass is 441 g/mol. The van der Waals surface area contributed by atoms with E-state index in [0.29, 0.717) is 0 Å². The number of nitrogens with zero attached hydrogens (tertiary/aromatic N) is 1. The molecule has 0 fully saturated rings. The zero-order valence-corrected chi connectivity index (χ0v) is 21.0. The molecular weight excluding hydrogens is 398 g/mol. The summed E-state index contributed by atoms with van der Waals surface area (Å²) in [6, 6.07) is 22.7. The van der Waals surface area contributed by atoms with E-state index in [0.717, 1.165) is 25.0 Å². The number of aryl methyl sites for hydroxylation is 4. The van der Waals surface area contributed by atoms with Gasteiger partial charge in [-0.1, -0.05) is 113 Å². The van der Waals surface area contributed by atoms with Crippen molar-refractivity contribution in [1.82, 2.24) is 4.98 Å². The summed E-state index contributed by atoms with van der Waals surface area (Å²) < 4.78 is 0. The molecule has 33 heavy (non-hydrogen) atoms. The minimum Gasteiger partial charge on any atom is -0.256 e. The number of benzene rings is 2. The van der Waals surface area contributed by atoms with Gasteiger partial charge in [-0.05, 0) is 66.8 Å². The lowest BCUT2D eigenvalue weighted by Crippen LogP contribution is -1.93. The van der Waals surface area contributed by atoms with Gasteiger partial charge < -0.3 is 0 Å². The van der Waals surface area contributed by atoms with Crippen molar-refractivity contribution in [2.24, 2.45) is 0 Å². The van der Waals surface area contributed by atoms with E-state index in [2.05, 4.69) is 80.7 Å². The second-order valence-corrected chi connectivity index (χ2v) is 9.54. The van der Waals surface area contributed by atoms with Gasteiger partial charge in [0, 0.05) is 11.8 Å². The smallest absolute Gasteiger partial charge is 0.0702 e. The molecule has 0 atom stereocenters. The zero-order valence-electron chi connectivity index (χ0n) is 21.0. The number of rotatable bonds is 15. The van der Waals surface area contributed by atoms with Crippen molar-refractivity contribution < 1.29 is 0 Å². The molecule has 0 radical (unpaired) electrons. The summed E-state index contributed by atoms with van der Waals surface area (Å²) in [5.41, 5.74) is 7.95. The lowest BCUT2D eigenvalue weighted by Gasteiger charge is -2.07. The highest BCUT2D eigenvalue weighted by Crippen LogP contribution is 2.20. The first-order valence-corrected chi connectivity index (χ1v) is 13.4. The molecule has 0 N–H and O–H groups in total. The van der Waals surface area contributed by atoms with Gasteiger partial charge in [-0.3, -0.25) is 4.98 Å². The molecule has 0 aliphatic rings. The Morgan fingerprint density at radius 1 is 0.455 bits per heavy atom. The fourth-order valence-corrected chi connectivity index (χ4v) is 4.44. The van der Waals surface area contributed by atoms with Crippen molar-refractivity contribution in [2.45, 2.75) is 97.3 Å². The summed E-state index contributed by atoms with van der Waals surface area (Å²) in [6.45, 7) is 4.54. The molecule has 1 aromatic heterocycles. The Morgan fingerprint density at radius 2 is 0.909 bits per heavy atom. The van der Waals surface area contributed by atoms with Crippen molar-refractivity contribution in [1.29, 1.82) is 0 Å². The quantitative estimate of drug-likeness (QED) is 0.214. The van der Waals surface area contributed by atoms with E-state index in [4.69, 9.17) is 4.98 Å². The predicted molar refractivity (Wildman–Crippen MR) is 144 cm³/mol. The van der Waals surface area contributed by atoms with Gasteiger partial charge in [0.25, 0.3) is 0 Å². The molecule has 3 aromatic rings. The van der Waals surface area contributed by atoms with Crippen LogP contribution in [0.15, 0.2) is 66.9 Å². The maximum atomic E-state index is 4.72. The summed E-state index contributed by atoms with van der Waals surface area (Å²) in [7, 11) is 0. The molecule has 1 nitrogen and oxygen atoms in total. The van der Waals surface area contributed by atoms with Crippen LogP contribution < -0.4 is 0 Å². The highest BCUT2D eigenvalue weighted by molar-refractivity contribution is 5.59. The van der Waals surface area contributed by atoms with Crippen molar-refractivity contribution >= 4 is 0 Å². The van der Waals surface area contributed by atoms with E-state index >= 15 is 0 Å². The lowest BCUT2D eigenvalue weighted by molar-refractivity contribution is 0.632. The molecule has 0 aliphatic heterocycles. The topological polar surface area (TPSA) is 12.9 Å². The molecule has 0 unspecified atom stereocenters. The van der Waals surface area contributed by atoms with Gasteiger partial charge in [-0.15, -0.1) is 0 Å². The Hall–Kier alpha value is -2.41. The summed E-state index contributed by atoms with van der Waals surface area (Å²) >= 11 is 0. The number of pyridine rings is 1. The van der Waals surface area contributed by atoms with Crippen LogP contribution in [0.25, 0.3) is 11.3 Å². The second kappa shape index (κ2) is 14.7. The van der Waals surface area contributed by atoms with Gasteiger partial charge in [-0.25, -0.2) is 0 Å². The second-order valence-electron chi connectivity index (χ2n) is 9.54. The van der Waals surface area contributed by atoms with Gasteiger partial charge in [0.1, 0.15) is 0 Å². The molecular formula is C32H43N. The largest absolute Gasteiger partial charge is 0.256 e. The minimum atomic E-state index is 1.07. The van der Waals surface area contributed by atoms with Crippen LogP contribution in [-0.2, 0) is 25.7 Å². The maximum absolute atomic E-state index is 4.72. The zero-order chi connectivity index (χ0) is 23.1. The molecule has 0 amide bonds. The Bertz CT molecular complexity index is 891. The first kappa shape index (κ1) is 25.2. The normalized spacial score (nSPS) is 11.1. The van der Waals surface area contributed by atoms with Crippen LogP contribution in [-0.4, -0.2) is 4.98 Å². The molecule has 1 heteroatoms. The third-order valence-corrected chi connectivity index (χ3v) is 6.69. The maximum Gasteiger partial charge on any atom is 0.0702 e. The summed E-state index contributed by atoms with van der Waals surface area (Å²) in [6.07, 6.45) is 18.6. The third-order valence-electron chi connectivity index (χ3n) is 6.69. The average Bonchev–Trinajstić information content (AvgIpc) is 2.87. The standard InChI is InChI=1S/C32H43N/c1-3-5-7-9-11-12-27-14-16-28(17-15-27)18-19-29-20-23-31(24-21-29)32-25-22-30(26-33-32)13-10-8-6-4-2/h14-17,20-26H,3-13,18-19H2,1-2H3. The molecule has 0 saturated heterocycles. The Labute approximate surface area is 202 Å². The van der Waals surface area contributed by atoms with E-state index in [1.54, 1.807) is 0 Å². The molecule has 2 aromatic carbocycles. The van der Waals surface area contributed by atoms with Gasteiger partial charge in [0.15, 0.2) is 0 Å². The Balaban J connectivity index is 1.43. The van der Waals surface area contributed by atoms with Crippen LogP contribution in [0.4, 0.5) is 0 Å². The van der Waals surface area contributed by atoms with Crippen LogP contribution in [0, 0.1) is 0 Å². The molecule has 0 aliphatic carbocycles. The van der Waals surface area contributed by atoms with Crippen molar-refractivity contribution in [3.63, 3.8) is 0 Å². The van der Waals surface area contributed by atoms with E-state index in [-0.39, 0.29) is 0 Å². The van der Waals surface area contributed by atoms with E-state index in [1.807, 2.05) is 0 Å². The van der Waals surface area contributed by atoms with E-state index in [1.165, 1.54) is 92.0 Å². The highest BCUT2D eigenvalue weighted by atomic mass is 14.7. The average molecular weight is 442 g/mol. The SMILES string of the molecule is CCCCCCCc1ccc(CCc2ccc(-c3ccc(CCCCCC)cn3)cc2)cc1. The van der Waals surface area contributed by atoms with Gasteiger partial charge in [0.2, 0.25) is 0 Å². The van der Waals surface area contributed by atoms with Crippen LogP contribution in [0.5, 0.6) is 0 Å². The minimum absolute atomic E-state index is 1.07. The lowest BCUT2D eigenvalue weighted by atomic mass is 10.00. The Kier molecular flexibility index (Phi) is 11.2. The molecule has 0 spiro atoms. The summed E-state index contributed by atoms with van der Waals surface area (Å²) in [5, 5.41) is 0. The van der Waals surface area contributed by atoms with E-state index < -0.39 is 0 Å².